The minimum Gasteiger partial charge on any atom is -0.438 e. The molecule has 24 unspecified atom stereocenters. The van der Waals surface area contributed by atoms with Crippen molar-refractivity contribution in [2.45, 2.75) is 548 Å². The molecule has 24 atom stereocenters. The third-order valence-electron chi connectivity index (χ3n) is 37.3. The molecule has 0 aromatic rings. The molecule has 0 spiro atoms. The predicted molar refractivity (Wildman–Crippen MR) is 556 cm³/mol. The number of fused-ring (bicyclic) bond motifs is 12. The molecule has 132 heavy (non-hydrogen) atoms. The van der Waals surface area contributed by atoms with Gasteiger partial charge in [-0.1, -0.05) is 276 Å². The third kappa shape index (κ3) is 29.2. The molecule has 0 amide bonds. The molecule has 0 aliphatic heterocycles. The summed E-state index contributed by atoms with van der Waals surface area (Å²) in [4.78, 5) is 71.3. The first kappa shape index (κ1) is 139. The Hall–Kier alpha value is -3.42. The van der Waals surface area contributed by atoms with Crippen molar-refractivity contribution in [1.82, 2.24) is 0 Å². The van der Waals surface area contributed by atoms with E-state index in [1.165, 1.54) is 89.9 Å². The molecule has 18 nitrogen and oxygen atoms in total. The quantitative estimate of drug-likeness (QED) is 0.0371. The largest absolute Gasteiger partial charge is 0.438 e. The first-order valence-corrected chi connectivity index (χ1v) is 48.0. The molecule has 12 fully saturated rings. The van der Waals surface area contributed by atoms with E-state index in [4.69, 9.17) is 56.8 Å². The highest BCUT2D eigenvalue weighted by Crippen LogP contribution is 2.71. The molecule has 12 rings (SSSR count). The van der Waals surface area contributed by atoms with E-state index in [-0.39, 0.29) is 221 Å². The van der Waals surface area contributed by atoms with Crippen LogP contribution in [0.3, 0.4) is 0 Å². The minimum atomic E-state index is -0.469. The molecule has 12 aliphatic carbocycles. The Morgan fingerprint density at radius 3 is 0.818 bits per heavy atom. The van der Waals surface area contributed by atoms with Gasteiger partial charge >= 0.3 is 35.8 Å². The van der Waals surface area contributed by atoms with Crippen molar-refractivity contribution in [3.05, 3.63) is 0 Å². The smallest absolute Gasteiger partial charge is 0.313 e. The highest BCUT2D eigenvalue weighted by atomic mass is 16.7. The normalized spacial score (nSPS) is 33.2. The van der Waals surface area contributed by atoms with Crippen molar-refractivity contribution >= 4 is 35.8 Å². The Labute approximate surface area is 819 Å². The molecule has 0 radical (unpaired) electrons. The van der Waals surface area contributed by atoms with Crippen LogP contribution >= 0.6 is 0 Å². The van der Waals surface area contributed by atoms with Crippen molar-refractivity contribution in [2.24, 2.45) is 134 Å². The Morgan fingerprint density at radius 2 is 0.553 bits per heavy atom. The van der Waals surface area contributed by atoms with Gasteiger partial charge in [0.2, 0.25) is 0 Å². The van der Waals surface area contributed by atoms with Crippen LogP contribution < -0.4 is 0 Å². The predicted octanol–water partition coefficient (Wildman–Crippen LogP) is 32.6. The van der Waals surface area contributed by atoms with E-state index < -0.39 is 35.1 Å². The maximum Gasteiger partial charge on any atom is 0.313 e. The zero-order valence-electron chi connectivity index (χ0n) is 83.3. The van der Waals surface area contributed by atoms with E-state index in [2.05, 4.69) is 125 Å². The summed E-state index contributed by atoms with van der Waals surface area (Å²) < 4.78 is 68.4. The van der Waals surface area contributed by atoms with Gasteiger partial charge in [0, 0.05) is 0 Å². The van der Waals surface area contributed by atoms with E-state index in [0.29, 0.717) is 67.0 Å². The Balaban J connectivity index is -0.000000354. The lowest BCUT2D eigenvalue weighted by Crippen LogP contribution is -2.45. The Bertz CT molecular complexity index is 3400. The molecule has 12 bridgehead atoms. The highest BCUT2D eigenvalue weighted by Gasteiger charge is 2.66. The standard InChI is InChI=1S/2C18H32O3.2C17H30O3.2C16H28O3.12CH4/c1-8-16(3,4)15(19)21-12(2)20-14-11-18(7)10-9-13(14)17(18,5)6;1-8-16(3,4)15(19)21-12(2)20-14-17(5,6)13-9-10-18(14,7)11-13;1-7-15(2,3)14(18)20-11-19-13-10-17(6)9-8-12(13)16(17,4)5;1-7-11(2)15(18)20-12(3)19-14-10-17(6)9-8-13(14)16(17,4)5;1-6-11(2)14(17)19-10-18-13-9-16(5)8-7-12(13)15(16,3)4;1-6-11(2)13(17)18-10-19-14-15(3,4)12-7-8-16(14,5)9-12;;;;;;;;;;;;/h2*12-14H,8-11H2,1-7H3;12-13H,7-11H2,1-6H3;11-14H,7-10H2,1-6H3;11-13H,6-10H2,1-5H3;11-12,14H,6-10H2,1-5H3;12*1H4. The average molecular weight is 1890 g/mol. The van der Waals surface area contributed by atoms with Crippen LogP contribution in [0, 0.1) is 134 Å². The van der Waals surface area contributed by atoms with Gasteiger partial charge in [-0.3, -0.25) is 28.8 Å². The first-order chi connectivity index (χ1) is 55.0. The van der Waals surface area contributed by atoms with Crippen molar-refractivity contribution in [1.29, 1.82) is 0 Å². The fourth-order valence-electron chi connectivity index (χ4n) is 24.3. The van der Waals surface area contributed by atoms with Crippen LogP contribution in [0.15, 0.2) is 0 Å². The lowest BCUT2D eigenvalue weighted by molar-refractivity contribution is -0.219. The second-order valence-corrected chi connectivity index (χ2v) is 47.5. The van der Waals surface area contributed by atoms with Crippen molar-refractivity contribution in [3.8, 4) is 0 Å². The summed E-state index contributed by atoms with van der Waals surface area (Å²) in [6.07, 6.45) is 26.9. The molecule has 12 aliphatic rings. The Kier molecular flexibility index (Phi) is 55.3. The van der Waals surface area contributed by atoms with Gasteiger partial charge in [0.25, 0.3) is 0 Å². The lowest BCUT2D eigenvalue weighted by atomic mass is 9.70. The van der Waals surface area contributed by atoms with E-state index >= 15 is 0 Å². The zero-order chi connectivity index (χ0) is 90.9. The molecule has 12 saturated carbocycles. The van der Waals surface area contributed by atoms with Crippen LogP contribution in [0.4, 0.5) is 0 Å². The Morgan fingerprint density at radius 1 is 0.295 bits per heavy atom. The summed E-state index contributed by atoms with van der Waals surface area (Å²) in [5, 5.41) is 0. The molecular formula is C114H228O18. The molecule has 0 heterocycles. The molecule has 0 aromatic carbocycles. The van der Waals surface area contributed by atoms with Crippen LogP contribution in [0.5, 0.6) is 0 Å². The van der Waals surface area contributed by atoms with E-state index in [1.807, 2.05) is 125 Å². The van der Waals surface area contributed by atoms with E-state index in [9.17, 15) is 28.8 Å². The van der Waals surface area contributed by atoms with Crippen LogP contribution in [0.2, 0.25) is 0 Å². The fraction of sp³-hybridized carbons (Fsp3) is 0.947. The highest BCUT2D eigenvalue weighted by molar-refractivity contribution is 5.77. The molecule has 18 heteroatoms. The third-order valence-corrected chi connectivity index (χ3v) is 37.3. The van der Waals surface area contributed by atoms with Crippen LogP contribution in [0.1, 0.15) is 492 Å². The number of rotatable bonds is 30. The van der Waals surface area contributed by atoms with Gasteiger partial charge in [-0.2, -0.15) is 0 Å². The van der Waals surface area contributed by atoms with Gasteiger partial charge < -0.3 is 56.8 Å². The van der Waals surface area contributed by atoms with Gasteiger partial charge in [-0.15, -0.1) is 0 Å². The topological polar surface area (TPSA) is 213 Å². The summed E-state index contributed by atoms with van der Waals surface area (Å²) >= 11 is 0. The molecule has 0 N–H and O–H groups in total. The number of ether oxygens (including phenoxy) is 12. The summed E-state index contributed by atoms with van der Waals surface area (Å²) in [6, 6.07) is 0. The summed E-state index contributed by atoms with van der Waals surface area (Å²) in [7, 11) is 0. The number of carbonyl (C=O) groups is 6. The molecule has 792 valence electrons. The number of hydrogen-bond acceptors (Lipinski definition) is 18. The summed E-state index contributed by atoms with van der Waals surface area (Å²) in [6.45, 7) is 77.4. The summed E-state index contributed by atoms with van der Waals surface area (Å²) in [5.74, 6) is 2.86. The van der Waals surface area contributed by atoms with Crippen molar-refractivity contribution in [2.75, 3.05) is 20.4 Å². The maximum absolute atomic E-state index is 12.2. The SMILES string of the molecule is C.C.C.C.C.C.C.C.C.C.C.C.CCC(C)(C)C(=O)OC(C)OC1C2(C)CCC(C2)C1(C)C.CCC(C)(C)C(=O)OC(C)OC1CC2(C)CCC1C2(C)C.CCC(C)(C)C(=O)OCOC1CC2(C)CCC1C2(C)C.CCC(C)C(=O)OC(C)OC1CC2(C)CCC1C2(C)C.CCC(C)C(=O)OCOC1C2(C)CCC(C2)C1(C)C.CCC(C)C(=O)OCOC1CC2(C)CCC1C2(C)C. The van der Waals surface area contributed by atoms with Crippen molar-refractivity contribution < 1.29 is 85.6 Å². The van der Waals surface area contributed by atoms with Gasteiger partial charge in [0.1, 0.15) is 0 Å². The number of carbonyl (C=O) groups excluding carboxylic acids is 6. The van der Waals surface area contributed by atoms with Crippen LogP contribution in [-0.2, 0) is 85.6 Å². The molecule has 0 aromatic heterocycles. The van der Waals surface area contributed by atoms with Crippen molar-refractivity contribution in [3.63, 3.8) is 0 Å². The second kappa shape index (κ2) is 52.4. The van der Waals surface area contributed by atoms with E-state index in [0.717, 1.165) is 76.0 Å². The summed E-state index contributed by atoms with van der Waals surface area (Å²) in [5.41, 5.74) is 2.48. The van der Waals surface area contributed by atoms with E-state index in [1.54, 1.807) is 0 Å². The minimum absolute atomic E-state index is 0. The van der Waals surface area contributed by atoms with Gasteiger partial charge in [-0.05, 0) is 317 Å². The van der Waals surface area contributed by atoms with Gasteiger partial charge in [0.15, 0.2) is 39.2 Å². The van der Waals surface area contributed by atoms with Crippen LogP contribution in [0.25, 0.3) is 0 Å². The van der Waals surface area contributed by atoms with Gasteiger partial charge in [-0.25, -0.2) is 0 Å². The monoisotopic (exact) mass is 1890 g/mol. The average Bonchev–Trinajstić information content (AvgIpc) is 1.53. The first-order valence-electron chi connectivity index (χ1n) is 48.0. The number of esters is 6. The fourth-order valence-corrected chi connectivity index (χ4v) is 24.3. The molecule has 0 saturated heterocycles. The lowest BCUT2D eigenvalue weighted by Gasteiger charge is -2.43. The zero-order valence-corrected chi connectivity index (χ0v) is 83.3. The molecular weight excluding hydrogens is 1660 g/mol. The second-order valence-electron chi connectivity index (χ2n) is 47.5. The maximum atomic E-state index is 12.2. The van der Waals surface area contributed by atoms with Crippen LogP contribution in [-0.4, -0.2) is 112 Å². The number of hydrogen-bond donors (Lipinski definition) is 0. The van der Waals surface area contributed by atoms with Gasteiger partial charge in [0.05, 0.1) is 70.6 Å².